The third-order valence-electron chi connectivity index (χ3n) is 3.77. The Morgan fingerprint density at radius 1 is 1.17 bits per heavy atom. The number of thioether (sulfide) groups is 1. The number of carbonyl (C=O) groups is 1. The average Bonchev–Trinajstić information content (AvgIpc) is 3.11. The van der Waals surface area contributed by atoms with Crippen molar-refractivity contribution in [2.24, 2.45) is 0 Å². The molecule has 0 radical (unpaired) electrons. The van der Waals surface area contributed by atoms with Crippen LogP contribution in [-0.2, 0) is 0 Å². The van der Waals surface area contributed by atoms with E-state index in [-0.39, 0.29) is 5.91 Å². The zero-order valence-electron chi connectivity index (χ0n) is 12.6. The Hall–Kier alpha value is -1.82. The number of nitrogens with zero attached hydrogens (tertiary/aromatic N) is 2. The third kappa shape index (κ3) is 2.95. The Morgan fingerprint density at radius 2 is 2.04 bits per heavy atom. The van der Waals surface area contributed by atoms with Gasteiger partial charge in [-0.05, 0) is 24.3 Å². The number of carbonyl (C=O) groups excluding carboxylic acids is 1. The Morgan fingerprint density at radius 3 is 2.92 bits per heavy atom. The number of thiazole rings is 1. The molecule has 0 spiro atoms. The zero-order chi connectivity index (χ0) is 16.5. The molecular formula is C18H13ClN2OS2. The first kappa shape index (κ1) is 15.7. The van der Waals surface area contributed by atoms with Crippen molar-refractivity contribution in [1.82, 2.24) is 4.98 Å². The molecule has 1 aromatic heterocycles. The fraction of sp³-hybridized carbons (Fsp3) is 0.111. The topological polar surface area (TPSA) is 33.2 Å². The van der Waals surface area contributed by atoms with Crippen LogP contribution in [0.4, 0.5) is 5.69 Å². The number of benzene rings is 2. The maximum absolute atomic E-state index is 12.9. The fourth-order valence-corrected chi connectivity index (χ4v) is 4.62. The van der Waals surface area contributed by atoms with Gasteiger partial charge in [0.2, 0.25) is 0 Å². The second-order valence-electron chi connectivity index (χ2n) is 5.32. The number of aromatic nitrogens is 1. The van der Waals surface area contributed by atoms with Gasteiger partial charge in [-0.25, -0.2) is 4.98 Å². The van der Waals surface area contributed by atoms with E-state index in [0.29, 0.717) is 17.3 Å². The summed E-state index contributed by atoms with van der Waals surface area (Å²) in [6, 6.07) is 15.5. The Bertz CT molecular complexity index is 909. The number of rotatable bonds is 2. The van der Waals surface area contributed by atoms with Crippen LogP contribution in [-0.4, -0.2) is 23.2 Å². The average molecular weight is 373 g/mol. The highest BCUT2D eigenvalue weighted by atomic mass is 35.5. The monoisotopic (exact) mass is 372 g/mol. The predicted octanol–water partition coefficient (Wildman–Crippen LogP) is 5.22. The van der Waals surface area contributed by atoms with E-state index >= 15 is 0 Å². The van der Waals surface area contributed by atoms with Crippen molar-refractivity contribution in [3.63, 3.8) is 0 Å². The van der Waals surface area contributed by atoms with Crippen molar-refractivity contribution in [3.8, 4) is 10.6 Å². The maximum Gasteiger partial charge on any atom is 0.277 e. The van der Waals surface area contributed by atoms with Crippen molar-refractivity contribution >= 4 is 46.3 Å². The summed E-state index contributed by atoms with van der Waals surface area (Å²) in [7, 11) is 0. The van der Waals surface area contributed by atoms with Gasteiger partial charge >= 0.3 is 0 Å². The van der Waals surface area contributed by atoms with Gasteiger partial charge in [0, 0.05) is 33.2 Å². The number of amides is 1. The maximum atomic E-state index is 12.9. The lowest BCUT2D eigenvalue weighted by atomic mass is 10.2. The molecule has 2 heterocycles. The molecule has 24 heavy (non-hydrogen) atoms. The first-order chi connectivity index (χ1) is 11.7. The van der Waals surface area contributed by atoms with Crippen LogP contribution in [0.3, 0.4) is 0 Å². The van der Waals surface area contributed by atoms with E-state index in [1.807, 2.05) is 52.7 Å². The lowest BCUT2D eigenvalue weighted by Crippen LogP contribution is -2.35. The van der Waals surface area contributed by atoms with Gasteiger partial charge in [0.05, 0.1) is 5.69 Å². The van der Waals surface area contributed by atoms with Gasteiger partial charge in [0.25, 0.3) is 5.91 Å². The highest BCUT2D eigenvalue weighted by molar-refractivity contribution is 7.99. The molecule has 0 N–H and O–H groups in total. The van der Waals surface area contributed by atoms with Crippen molar-refractivity contribution in [3.05, 3.63) is 64.6 Å². The van der Waals surface area contributed by atoms with Crippen LogP contribution < -0.4 is 4.90 Å². The van der Waals surface area contributed by atoms with Gasteiger partial charge in [-0.3, -0.25) is 4.79 Å². The summed E-state index contributed by atoms with van der Waals surface area (Å²) in [6.07, 6.45) is 0. The smallest absolute Gasteiger partial charge is 0.277 e. The van der Waals surface area contributed by atoms with Crippen molar-refractivity contribution in [2.75, 3.05) is 17.2 Å². The number of halogens is 1. The Balaban J connectivity index is 1.65. The minimum absolute atomic E-state index is 0.0488. The summed E-state index contributed by atoms with van der Waals surface area (Å²) in [5, 5.41) is 3.29. The van der Waals surface area contributed by atoms with Crippen LogP contribution >= 0.6 is 34.7 Å². The normalized spacial score (nSPS) is 13.6. The number of hydrogen-bond donors (Lipinski definition) is 0. The molecule has 6 heteroatoms. The molecule has 120 valence electrons. The van der Waals surface area contributed by atoms with Crippen molar-refractivity contribution < 1.29 is 4.79 Å². The van der Waals surface area contributed by atoms with Gasteiger partial charge in [-0.1, -0.05) is 35.9 Å². The molecule has 3 aromatic rings. The molecule has 1 aliphatic rings. The summed E-state index contributed by atoms with van der Waals surface area (Å²) in [4.78, 5) is 20.4. The van der Waals surface area contributed by atoms with Gasteiger partial charge in [-0.2, -0.15) is 0 Å². The molecule has 0 saturated heterocycles. The minimum atomic E-state index is -0.0488. The largest absolute Gasteiger partial charge is 0.305 e. The third-order valence-corrected chi connectivity index (χ3v) is 5.94. The lowest BCUT2D eigenvalue weighted by molar-refractivity contribution is 0.0983. The van der Waals surface area contributed by atoms with Crippen LogP contribution in [0.1, 0.15) is 10.5 Å². The first-order valence-electron chi connectivity index (χ1n) is 7.47. The van der Waals surface area contributed by atoms with E-state index in [1.165, 1.54) is 11.3 Å². The van der Waals surface area contributed by atoms with E-state index < -0.39 is 0 Å². The summed E-state index contributed by atoms with van der Waals surface area (Å²) in [5.74, 6) is 0.848. The van der Waals surface area contributed by atoms with Crippen LogP contribution in [0.25, 0.3) is 10.6 Å². The predicted molar refractivity (Wildman–Crippen MR) is 101 cm³/mol. The Kier molecular flexibility index (Phi) is 4.31. The van der Waals surface area contributed by atoms with Crippen molar-refractivity contribution in [1.29, 1.82) is 0 Å². The molecule has 0 aliphatic carbocycles. The number of para-hydroxylation sites is 1. The second-order valence-corrected chi connectivity index (χ2v) is 7.75. The zero-order valence-corrected chi connectivity index (χ0v) is 15.0. The SMILES string of the molecule is O=C(c1csc(-c2cccc(Cl)c2)n1)N1CCSc2ccccc21. The Labute approximate surface area is 153 Å². The lowest BCUT2D eigenvalue weighted by Gasteiger charge is -2.28. The molecule has 4 rings (SSSR count). The standard InChI is InChI=1S/C18H13ClN2OS2/c19-13-5-3-4-12(10-13)17-20-14(11-24-17)18(22)21-8-9-23-16-7-2-1-6-15(16)21/h1-7,10-11H,8-9H2. The minimum Gasteiger partial charge on any atom is -0.305 e. The molecule has 0 atom stereocenters. The van der Waals surface area contributed by atoms with E-state index in [9.17, 15) is 4.79 Å². The molecular weight excluding hydrogens is 360 g/mol. The molecule has 0 saturated carbocycles. The van der Waals surface area contributed by atoms with Crippen molar-refractivity contribution in [2.45, 2.75) is 4.90 Å². The molecule has 0 fully saturated rings. The van der Waals surface area contributed by atoms with E-state index in [0.717, 1.165) is 26.9 Å². The van der Waals surface area contributed by atoms with Gasteiger partial charge in [-0.15, -0.1) is 23.1 Å². The molecule has 0 unspecified atom stereocenters. The molecule has 1 aliphatic heterocycles. The van der Waals surface area contributed by atoms with Gasteiger partial charge < -0.3 is 4.90 Å². The van der Waals surface area contributed by atoms with E-state index in [1.54, 1.807) is 11.8 Å². The summed E-state index contributed by atoms with van der Waals surface area (Å²) in [5.41, 5.74) is 2.38. The van der Waals surface area contributed by atoms with Crippen LogP contribution in [0, 0.1) is 0 Å². The first-order valence-corrected chi connectivity index (χ1v) is 9.72. The molecule has 1 amide bonds. The summed E-state index contributed by atoms with van der Waals surface area (Å²) in [6.45, 7) is 0.699. The highest BCUT2D eigenvalue weighted by Gasteiger charge is 2.25. The quantitative estimate of drug-likeness (QED) is 0.618. The summed E-state index contributed by atoms with van der Waals surface area (Å²) >= 11 is 9.29. The van der Waals surface area contributed by atoms with Crippen LogP contribution in [0.2, 0.25) is 5.02 Å². The number of fused-ring (bicyclic) bond motifs is 1. The molecule has 0 bridgehead atoms. The van der Waals surface area contributed by atoms with Gasteiger partial charge in [0.1, 0.15) is 10.7 Å². The molecule has 3 nitrogen and oxygen atoms in total. The molecule has 2 aromatic carbocycles. The number of hydrogen-bond acceptors (Lipinski definition) is 4. The summed E-state index contributed by atoms with van der Waals surface area (Å²) < 4.78 is 0. The fourth-order valence-electron chi connectivity index (χ4n) is 2.64. The van der Waals surface area contributed by atoms with Crippen LogP contribution in [0.5, 0.6) is 0 Å². The van der Waals surface area contributed by atoms with E-state index in [2.05, 4.69) is 11.1 Å². The second kappa shape index (κ2) is 6.59. The number of anilines is 1. The van der Waals surface area contributed by atoms with Crippen LogP contribution in [0.15, 0.2) is 58.8 Å². The highest BCUT2D eigenvalue weighted by Crippen LogP contribution is 2.35. The van der Waals surface area contributed by atoms with E-state index in [4.69, 9.17) is 11.6 Å². The van der Waals surface area contributed by atoms with Gasteiger partial charge in [0.15, 0.2) is 0 Å².